The molecule has 194 valence electrons. The van der Waals surface area contributed by atoms with Crippen molar-refractivity contribution >= 4 is 32.7 Å². The molecule has 2 aromatic carbocycles. The van der Waals surface area contributed by atoms with E-state index in [2.05, 4.69) is 10.3 Å². The third-order valence-corrected chi connectivity index (χ3v) is 9.08. The summed E-state index contributed by atoms with van der Waals surface area (Å²) < 4.78 is 78.4. The highest BCUT2D eigenvalue weighted by Gasteiger charge is 2.65. The minimum Gasteiger partial charge on any atom is -0.326 e. The summed E-state index contributed by atoms with van der Waals surface area (Å²) in [6.07, 6.45) is 5.36. The molecule has 1 heterocycles. The van der Waals surface area contributed by atoms with Gasteiger partial charge in [0.2, 0.25) is 5.91 Å². The van der Waals surface area contributed by atoms with Crippen molar-refractivity contribution < 1.29 is 28.6 Å². The lowest BCUT2D eigenvalue weighted by atomic mass is 9.86. The van der Waals surface area contributed by atoms with Crippen LogP contribution >= 0.6 is 10.2 Å². The lowest BCUT2D eigenvalue weighted by Crippen LogP contribution is -2.26. The summed E-state index contributed by atoms with van der Waals surface area (Å²) in [7, 11) is -9.75. The van der Waals surface area contributed by atoms with Crippen LogP contribution in [-0.2, 0) is 4.79 Å². The lowest BCUT2D eigenvalue weighted by molar-refractivity contribution is -0.120. The van der Waals surface area contributed by atoms with E-state index in [1.165, 1.54) is 12.1 Å². The van der Waals surface area contributed by atoms with Gasteiger partial charge in [-0.2, -0.15) is 0 Å². The van der Waals surface area contributed by atoms with Crippen molar-refractivity contribution in [3.63, 3.8) is 0 Å². The van der Waals surface area contributed by atoms with Crippen LogP contribution < -0.4 is 5.32 Å². The van der Waals surface area contributed by atoms with Crippen LogP contribution in [0.5, 0.6) is 0 Å². The fourth-order valence-electron chi connectivity index (χ4n) is 6.09. The zero-order chi connectivity index (χ0) is 25.9. The molecule has 2 fully saturated rings. The Morgan fingerprint density at radius 1 is 0.944 bits per heavy atom. The van der Waals surface area contributed by atoms with Crippen molar-refractivity contribution in [2.24, 2.45) is 23.7 Å². The minimum atomic E-state index is -9.75. The van der Waals surface area contributed by atoms with Gasteiger partial charge in [0.15, 0.2) is 0 Å². The first kappa shape index (κ1) is 24.9. The first-order valence-corrected chi connectivity index (χ1v) is 13.8. The lowest BCUT2D eigenvalue weighted by Gasteiger charge is -2.40. The van der Waals surface area contributed by atoms with Gasteiger partial charge in [-0.1, -0.05) is 26.4 Å². The second-order valence-electron chi connectivity index (χ2n) is 10.3. The second kappa shape index (κ2) is 7.87. The van der Waals surface area contributed by atoms with Crippen molar-refractivity contribution in [1.29, 1.82) is 0 Å². The SMILES string of the molecule is C[C@@H](C(=O)Nc1ccc(S(F)(F)(F)(F)F)cc1)C1C[C@H]2CC(c3ccnc4ccc(F)cc34)C[C@H]2C1. The van der Waals surface area contributed by atoms with E-state index in [-0.39, 0.29) is 29.2 Å². The Balaban J connectivity index is 1.22. The highest BCUT2D eigenvalue weighted by Crippen LogP contribution is 3.02. The van der Waals surface area contributed by atoms with E-state index in [0.29, 0.717) is 29.9 Å². The van der Waals surface area contributed by atoms with Crippen LogP contribution in [-0.4, -0.2) is 10.9 Å². The Hall–Kier alpha value is -2.75. The first-order chi connectivity index (χ1) is 16.7. The predicted octanol–water partition coefficient (Wildman–Crippen LogP) is 8.83. The third kappa shape index (κ3) is 4.92. The van der Waals surface area contributed by atoms with Crippen LogP contribution in [0.15, 0.2) is 59.6 Å². The van der Waals surface area contributed by atoms with Crippen molar-refractivity contribution in [3.8, 4) is 0 Å². The Labute approximate surface area is 205 Å². The number of benzene rings is 2. The maximum Gasteiger partial charge on any atom is 0.310 e. The predicted molar refractivity (Wildman–Crippen MR) is 129 cm³/mol. The summed E-state index contributed by atoms with van der Waals surface area (Å²) in [6, 6.07) is 8.90. The molecule has 10 heteroatoms. The fourth-order valence-corrected chi connectivity index (χ4v) is 6.74. The number of carbonyl (C=O) groups excluding carboxylic acids is 1. The van der Waals surface area contributed by atoms with Gasteiger partial charge in [-0.05, 0) is 103 Å². The van der Waals surface area contributed by atoms with Crippen LogP contribution in [0.1, 0.15) is 44.1 Å². The maximum atomic E-state index is 13.9. The maximum absolute atomic E-state index is 13.9. The molecule has 5 atom stereocenters. The summed E-state index contributed by atoms with van der Waals surface area (Å²) in [6.45, 7) is 1.79. The molecule has 1 amide bonds. The van der Waals surface area contributed by atoms with E-state index in [0.717, 1.165) is 54.3 Å². The number of nitrogens with one attached hydrogen (secondary N) is 1. The van der Waals surface area contributed by atoms with Crippen molar-refractivity contribution in [2.75, 3.05) is 5.32 Å². The number of hydrogen-bond donors (Lipinski definition) is 1. The number of amides is 1. The number of halogens is 6. The molecular weight excluding hydrogens is 502 g/mol. The van der Waals surface area contributed by atoms with Crippen LogP contribution in [0.4, 0.5) is 29.5 Å². The average molecular weight is 529 g/mol. The molecule has 1 N–H and O–H groups in total. The van der Waals surface area contributed by atoms with Crippen molar-refractivity contribution in [3.05, 3.63) is 66.1 Å². The van der Waals surface area contributed by atoms with Gasteiger partial charge in [0.25, 0.3) is 0 Å². The summed E-state index contributed by atoms with van der Waals surface area (Å²) >= 11 is 0. The molecule has 3 nitrogen and oxygen atoms in total. The van der Waals surface area contributed by atoms with Crippen molar-refractivity contribution in [1.82, 2.24) is 4.98 Å². The van der Waals surface area contributed by atoms with Gasteiger partial charge >= 0.3 is 10.2 Å². The number of anilines is 1. The van der Waals surface area contributed by atoms with E-state index < -0.39 is 15.1 Å². The molecular formula is C26H26F6N2OS. The highest BCUT2D eigenvalue weighted by molar-refractivity contribution is 8.45. The van der Waals surface area contributed by atoms with Gasteiger partial charge in [0.05, 0.1) is 5.52 Å². The largest absolute Gasteiger partial charge is 0.326 e. The van der Waals surface area contributed by atoms with E-state index >= 15 is 0 Å². The van der Waals surface area contributed by atoms with Gasteiger partial charge in [0.1, 0.15) is 10.7 Å². The number of rotatable bonds is 5. The third-order valence-electron chi connectivity index (χ3n) is 7.92. The molecule has 5 rings (SSSR count). The average Bonchev–Trinajstić information content (AvgIpc) is 3.36. The van der Waals surface area contributed by atoms with Gasteiger partial charge in [-0.25, -0.2) is 4.39 Å². The van der Waals surface area contributed by atoms with Gasteiger partial charge in [0, 0.05) is 23.2 Å². The molecule has 0 spiro atoms. The molecule has 2 unspecified atom stereocenters. The topological polar surface area (TPSA) is 42.0 Å². The Kier molecular flexibility index (Phi) is 5.45. The summed E-state index contributed by atoms with van der Waals surface area (Å²) in [5.41, 5.74) is 1.92. The smallest absolute Gasteiger partial charge is 0.310 e. The highest BCUT2D eigenvalue weighted by atomic mass is 32.5. The summed E-state index contributed by atoms with van der Waals surface area (Å²) in [5, 5.41) is 3.40. The summed E-state index contributed by atoms with van der Waals surface area (Å²) in [5.74, 6) is 0.278. The summed E-state index contributed by atoms with van der Waals surface area (Å²) in [4.78, 5) is 15.1. The molecule has 0 radical (unpaired) electrons. The number of fused-ring (bicyclic) bond motifs is 2. The Morgan fingerprint density at radius 3 is 2.19 bits per heavy atom. The molecule has 2 aliphatic rings. The number of hydrogen-bond acceptors (Lipinski definition) is 2. The normalized spacial score (nSPS) is 26.8. The molecule has 3 aromatic rings. The molecule has 0 aliphatic heterocycles. The van der Waals surface area contributed by atoms with E-state index in [4.69, 9.17) is 0 Å². The zero-order valence-electron chi connectivity index (χ0n) is 19.4. The molecule has 0 saturated heterocycles. The van der Waals surface area contributed by atoms with E-state index in [1.54, 1.807) is 19.2 Å². The molecule has 36 heavy (non-hydrogen) atoms. The van der Waals surface area contributed by atoms with Gasteiger partial charge < -0.3 is 5.32 Å². The van der Waals surface area contributed by atoms with E-state index in [1.807, 2.05) is 6.07 Å². The first-order valence-electron chi connectivity index (χ1n) is 11.9. The molecule has 1 aromatic heterocycles. The van der Waals surface area contributed by atoms with Crippen LogP contribution in [0.3, 0.4) is 0 Å². The molecule has 0 bridgehead atoms. The molecule has 2 aliphatic carbocycles. The Bertz CT molecular complexity index is 1320. The molecule has 2 saturated carbocycles. The number of carbonyl (C=O) groups is 1. The zero-order valence-corrected chi connectivity index (χ0v) is 20.3. The number of nitrogens with zero attached hydrogens (tertiary/aromatic N) is 1. The van der Waals surface area contributed by atoms with E-state index in [9.17, 15) is 28.6 Å². The van der Waals surface area contributed by atoms with Gasteiger partial charge in [-0.15, -0.1) is 0 Å². The van der Waals surface area contributed by atoms with Crippen LogP contribution in [0.2, 0.25) is 0 Å². The Morgan fingerprint density at radius 2 is 1.58 bits per heavy atom. The number of aromatic nitrogens is 1. The fraction of sp³-hybridized carbons (Fsp3) is 0.385. The standard InChI is InChI=1S/C26H26F6N2OS/c1-15(26(35)34-21-3-5-22(6-4-21)36(28,29,30,31)32)16-10-17-12-19(13-18(17)11-16)23-8-9-33-25-7-2-20(27)14-24(23)25/h2-9,14-19H,10-13H2,1H3,(H,34,35)/t15-,16?,17-,18+,19?/m1/s1. The van der Waals surface area contributed by atoms with Crippen molar-refractivity contribution in [2.45, 2.75) is 43.4 Å². The monoisotopic (exact) mass is 528 g/mol. The number of pyridine rings is 1. The minimum absolute atomic E-state index is 0.0486. The van der Waals surface area contributed by atoms with Gasteiger partial charge in [-0.3, -0.25) is 9.78 Å². The quantitative estimate of drug-likeness (QED) is 0.336. The van der Waals surface area contributed by atoms with Crippen LogP contribution in [0, 0.1) is 29.5 Å². The van der Waals surface area contributed by atoms with Crippen LogP contribution in [0.25, 0.3) is 10.9 Å². The second-order valence-corrected chi connectivity index (χ2v) is 12.7.